The molecule has 0 radical (unpaired) electrons. The molecule has 0 bridgehead atoms. The Balaban J connectivity index is 2.13. The Kier molecular flexibility index (Phi) is 3.88. The highest BCUT2D eigenvalue weighted by Gasteiger charge is 2.39. The van der Waals surface area contributed by atoms with Gasteiger partial charge in [0.05, 0.1) is 5.60 Å². The van der Waals surface area contributed by atoms with Gasteiger partial charge in [0.2, 0.25) is 0 Å². The number of hydrogen-bond acceptors (Lipinski definition) is 2. The van der Waals surface area contributed by atoms with E-state index in [1.54, 1.807) is 6.20 Å². The molecule has 1 N–H and O–H groups in total. The van der Waals surface area contributed by atoms with Crippen LogP contribution in [0.25, 0.3) is 0 Å². The summed E-state index contributed by atoms with van der Waals surface area (Å²) in [6.45, 7) is 4.41. The summed E-state index contributed by atoms with van der Waals surface area (Å²) in [6.07, 6.45) is 5.73. The highest BCUT2D eigenvalue weighted by molar-refractivity contribution is 9.10. The Morgan fingerprint density at radius 2 is 2.24 bits per heavy atom. The number of nitrogens with zero attached hydrogens (tertiary/aromatic N) is 1. The van der Waals surface area contributed by atoms with Gasteiger partial charge in [0.25, 0.3) is 0 Å². The normalized spacial score (nSPS) is 33.6. The topological polar surface area (TPSA) is 33.1 Å². The molecular formula is C14H20BrNO. The molecule has 3 atom stereocenters. The van der Waals surface area contributed by atoms with Crippen LogP contribution in [-0.4, -0.2) is 15.7 Å². The molecule has 0 spiro atoms. The highest BCUT2D eigenvalue weighted by Crippen LogP contribution is 2.39. The van der Waals surface area contributed by atoms with E-state index in [0.29, 0.717) is 18.3 Å². The Labute approximate surface area is 112 Å². The van der Waals surface area contributed by atoms with E-state index in [0.717, 1.165) is 23.0 Å². The van der Waals surface area contributed by atoms with E-state index in [-0.39, 0.29) is 0 Å². The van der Waals surface area contributed by atoms with Crippen LogP contribution < -0.4 is 0 Å². The van der Waals surface area contributed by atoms with Crippen molar-refractivity contribution in [1.29, 1.82) is 0 Å². The molecular weight excluding hydrogens is 278 g/mol. The number of aliphatic hydroxyl groups is 1. The summed E-state index contributed by atoms with van der Waals surface area (Å²) in [5.74, 6) is 0.950. The zero-order valence-electron chi connectivity index (χ0n) is 10.5. The third-order valence-corrected chi connectivity index (χ3v) is 4.72. The standard InChI is InChI=1S/C14H20BrNO/c1-10-4-3-7-14(17,11(10)2)8-13-6-5-12(15)9-16-13/h5-6,9-11,17H,3-4,7-8H2,1-2H3. The van der Waals surface area contributed by atoms with Crippen molar-refractivity contribution in [3.05, 3.63) is 28.5 Å². The first-order chi connectivity index (χ1) is 8.01. The maximum absolute atomic E-state index is 10.8. The minimum atomic E-state index is -0.571. The van der Waals surface area contributed by atoms with Gasteiger partial charge < -0.3 is 5.11 Å². The van der Waals surface area contributed by atoms with Gasteiger partial charge in [0.1, 0.15) is 0 Å². The number of pyridine rings is 1. The number of halogens is 1. The molecule has 1 aliphatic rings. The highest BCUT2D eigenvalue weighted by atomic mass is 79.9. The largest absolute Gasteiger partial charge is 0.389 e. The van der Waals surface area contributed by atoms with E-state index in [2.05, 4.69) is 34.8 Å². The Bertz CT molecular complexity index is 378. The second-order valence-electron chi connectivity index (χ2n) is 5.41. The van der Waals surface area contributed by atoms with E-state index in [1.165, 1.54) is 6.42 Å². The monoisotopic (exact) mass is 297 g/mol. The van der Waals surface area contributed by atoms with Crippen LogP contribution in [0, 0.1) is 11.8 Å². The fraction of sp³-hybridized carbons (Fsp3) is 0.643. The first-order valence-corrected chi connectivity index (χ1v) is 7.13. The fourth-order valence-electron chi connectivity index (χ4n) is 2.81. The maximum atomic E-state index is 10.8. The van der Waals surface area contributed by atoms with Crippen LogP contribution in [0.4, 0.5) is 0 Å². The molecule has 2 rings (SSSR count). The Morgan fingerprint density at radius 1 is 1.47 bits per heavy atom. The van der Waals surface area contributed by atoms with E-state index >= 15 is 0 Å². The Hall–Kier alpha value is -0.410. The predicted octanol–water partition coefficient (Wildman–Crippen LogP) is 3.57. The third kappa shape index (κ3) is 2.89. The van der Waals surface area contributed by atoms with Crippen molar-refractivity contribution in [2.75, 3.05) is 0 Å². The number of aromatic nitrogens is 1. The summed E-state index contributed by atoms with van der Waals surface area (Å²) in [4.78, 5) is 4.37. The van der Waals surface area contributed by atoms with Gasteiger partial charge >= 0.3 is 0 Å². The molecule has 1 aliphatic carbocycles. The van der Waals surface area contributed by atoms with Gasteiger partial charge in [-0.2, -0.15) is 0 Å². The summed E-state index contributed by atoms with van der Waals surface area (Å²) in [5, 5.41) is 10.8. The molecule has 3 unspecified atom stereocenters. The molecule has 1 fully saturated rings. The minimum Gasteiger partial charge on any atom is -0.389 e. The third-order valence-electron chi connectivity index (χ3n) is 4.25. The average Bonchev–Trinajstić information content (AvgIpc) is 2.29. The summed E-state index contributed by atoms with van der Waals surface area (Å²) >= 11 is 3.38. The van der Waals surface area contributed by atoms with Crippen molar-refractivity contribution in [2.45, 2.75) is 45.1 Å². The van der Waals surface area contributed by atoms with Crippen molar-refractivity contribution in [3.8, 4) is 0 Å². The molecule has 3 heteroatoms. The van der Waals surface area contributed by atoms with Gasteiger partial charge in [0, 0.05) is 22.8 Å². The summed E-state index contributed by atoms with van der Waals surface area (Å²) in [5.41, 5.74) is 0.412. The smallest absolute Gasteiger partial charge is 0.0730 e. The van der Waals surface area contributed by atoms with Crippen LogP contribution in [0.3, 0.4) is 0 Å². The molecule has 0 aliphatic heterocycles. The van der Waals surface area contributed by atoms with Crippen molar-refractivity contribution in [3.63, 3.8) is 0 Å². The van der Waals surface area contributed by atoms with Crippen molar-refractivity contribution < 1.29 is 5.11 Å². The van der Waals surface area contributed by atoms with Gasteiger partial charge in [-0.3, -0.25) is 4.98 Å². The summed E-state index contributed by atoms with van der Waals surface area (Å²) in [7, 11) is 0. The van der Waals surface area contributed by atoms with Gasteiger partial charge in [-0.25, -0.2) is 0 Å². The lowest BCUT2D eigenvalue weighted by Crippen LogP contribution is -2.44. The summed E-state index contributed by atoms with van der Waals surface area (Å²) in [6, 6.07) is 3.98. The van der Waals surface area contributed by atoms with E-state index < -0.39 is 5.60 Å². The molecule has 1 aromatic rings. The molecule has 1 aromatic heterocycles. The summed E-state index contributed by atoms with van der Waals surface area (Å²) < 4.78 is 0.985. The molecule has 17 heavy (non-hydrogen) atoms. The van der Waals surface area contributed by atoms with Gasteiger partial charge in [-0.05, 0) is 46.3 Å². The lowest BCUT2D eigenvalue weighted by molar-refractivity contribution is -0.0627. The first kappa shape index (κ1) is 13.0. The van der Waals surface area contributed by atoms with Crippen molar-refractivity contribution in [2.24, 2.45) is 11.8 Å². The van der Waals surface area contributed by atoms with E-state index in [4.69, 9.17) is 0 Å². The zero-order chi connectivity index (χ0) is 12.5. The van der Waals surface area contributed by atoms with Gasteiger partial charge in [0.15, 0.2) is 0 Å². The van der Waals surface area contributed by atoms with Gasteiger partial charge in [-0.1, -0.05) is 26.7 Å². The van der Waals surface area contributed by atoms with Crippen LogP contribution in [0.15, 0.2) is 22.8 Å². The Morgan fingerprint density at radius 3 is 2.88 bits per heavy atom. The molecule has 0 aromatic carbocycles. The van der Waals surface area contributed by atoms with Crippen LogP contribution >= 0.6 is 15.9 Å². The quantitative estimate of drug-likeness (QED) is 0.905. The number of rotatable bonds is 2. The van der Waals surface area contributed by atoms with Crippen LogP contribution in [0.1, 0.15) is 38.8 Å². The molecule has 0 amide bonds. The van der Waals surface area contributed by atoms with Crippen molar-refractivity contribution in [1.82, 2.24) is 4.98 Å². The lowest BCUT2D eigenvalue weighted by atomic mass is 9.69. The van der Waals surface area contributed by atoms with Crippen molar-refractivity contribution >= 4 is 15.9 Å². The maximum Gasteiger partial charge on any atom is 0.0730 e. The molecule has 0 saturated heterocycles. The molecule has 1 saturated carbocycles. The predicted molar refractivity (Wildman–Crippen MR) is 72.8 cm³/mol. The van der Waals surface area contributed by atoms with Crippen LogP contribution in [0.5, 0.6) is 0 Å². The molecule has 94 valence electrons. The van der Waals surface area contributed by atoms with E-state index in [9.17, 15) is 5.11 Å². The second-order valence-corrected chi connectivity index (χ2v) is 6.32. The van der Waals surface area contributed by atoms with Crippen LogP contribution in [0.2, 0.25) is 0 Å². The zero-order valence-corrected chi connectivity index (χ0v) is 12.1. The minimum absolute atomic E-state index is 0.349. The van der Waals surface area contributed by atoms with E-state index in [1.807, 2.05) is 12.1 Å². The first-order valence-electron chi connectivity index (χ1n) is 6.34. The second kappa shape index (κ2) is 5.07. The average molecular weight is 298 g/mol. The lowest BCUT2D eigenvalue weighted by Gasteiger charge is -2.42. The fourth-order valence-corrected chi connectivity index (χ4v) is 3.05. The SMILES string of the molecule is CC1CCCC(O)(Cc2ccc(Br)cn2)C1C. The van der Waals surface area contributed by atoms with Crippen LogP contribution in [-0.2, 0) is 6.42 Å². The van der Waals surface area contributed by atoms with Gasteiger partial charge in [-0.15, -0.1) is 0 Å². The molecule has 1 heterocycles. The number of hydrogen-bond donors (Lipinski definition) is 1. The molecule has 2 nitrogen and oxygen atoms in total.